The molecular weight excluding hydrogens is 352 g/mol. The topological polar surface area (TPSA) is 81.7 Å². The third-order valence-corrected chi connectivity index (χ3v) is 5.17. The van der Waals surface area contributed by atoms with Crippen LogP contribution < -0.4 is 16.0 Å². The van der Waals surface area contributed by atoms with Crippen molar-refractivity contribution in [3.63, 3.8) is 0 Å². The molecule has 1 heterocycles. The lowest BCUT2D eigenvalue weighted by Gasteiger charge is -2.29. The molecule has 1 amide bonds. The standard InChI is InChI=1S/C21H36N6O/c1-4-22-20(25-16-10-9-15-24-18-11-5-8-14-23-18)26-17-21(12-6-7-13-21)19(28)27(2)3/h5,8,11,14H,4,6-7,9-10,12-13,15-17H2,1-3H3,(H,23,24)(H2,22,25,26). The van der Waals surface area contributed by atoms with Gasteiger partial charge in [-0.3, -0.25) is 9.79 Å². The predicted octanol–water partition coefficient (Wildman–Crippen LogP) is 2.48. The average Bonchev–Trinajstić information content (AvgIpc) is 3.18. The molecule has 0 aliphatic heterocycles. The first-order chi connectivity index (χ1) is 13.6. The van der Waals surface area contributed by atoms with Crippen LogP contribution in [0.2, 0.25) is 0 Å². The van der Waals surface area contributed by atoms with Gasteiger partial charge in [-0.2, -0.15) is 0 Å². The van der Waals surface area contributed by atoms with Crippen LogP contribution in [0.4, 0.5) is 5.82 Å². The van der Waals surface area contributed by atoms with Gasteiger partial charge in [0.2, 0.25) is 5.91 Å². The van der Waals surface area contributed by atoms with Gasteiger partial charge >= 0.3 is 0 Å². The van der Waals surface area contributed by atoms with Gasteiger partial charge in [0.05, 0.1) is 12.0 Å². The number of carbonyl (C=O) groups is 1. The van der Waals surface area contributed by atoms with Gasteiger partial charge in [0.15, 0.2) is 5.96 Å². The van der Waals surface area contributed by atoms with E-state index in [1.54, 1.807) is 11.1 Å². The largest absolute Gasteiger partial charge is 0.370 e. The van der Waals surface area contributed by atoms with Gasteiger partial charge in [0, 0.05) is 39.9 Å². The number of hydrogen-bond acceptors (Lipinski definition) is 4. The molecule has 28 heavy (non-hydrogen) atoms. The third kappa shape index (κ3) is 6.69. The van der Waals surface area contributed by atoms with Crippen molar-refractivity contribution >= 4 is 17.7 Å². The number of nitrogens with zero attached hydrogens (tertiary/aromatic N) is 3. The molecule has 7 nitrogen and oxygen atoms in total. The summed E-state index contributed by atoms with van der Waals surface area (Å²) in [5, 5.41) is 10.0. The number of anilines is 1. The quantitative estimate of drug-likeness (QED) is 0.326. The Kier molecular flexibility index (Phi) is 9.04. The smallest absolute Gasteiger partial charge is 0.230 e. The van der Waals surface area contributed by atoms with Crippen LogP contribution in [0.3, 0.4) is 0 Å². The number of rotatable bonds is 10. The fraction of sp³-hybridized carbons (Fsp3) is 0.667. The summed E-state index contributed by atoms with van der Waals surface area (Å²) < 4.78 is 0. The number of guanidine groups is 1. The lowest BCUT2D eigenvalue weighted by atomic mass is 9.85. The van der Waals surface area contributed by atoms with Crippen LogP contribution in [0.1, 0.15) is 45.4 Å². The minimum Gasteiger partial charge on any atom is -0.370 e. The molecule has 3 N–H and O–H groups in total. The van der Waals surface area contributed by atoms with E-state index in [1.807, 2.05) is 32.3 Å². The number of hydrogen-bond donors (Lipinski definition) is 3. The lowest BCUT2D eigenvalue weighted by Crippen LogP contribution is -2.43. The van der Waals surface area contributed by atoms with Gasteiger partial charge in [-0.25, -0.2) is 4.98 Å². The zero-order valence-electron chi connectivity index (χ0n) is 17.6. The molecule has 0 bridgehead atoms. The molecule has 2 rings (SSSR count). The number of amides is 1. The second-order valence-electron chi connectivity index (χ2n) is 7.66. The summed E-state index contributed by atoms with van der Waals surface area (Å²) in [5.41, 5.74) is -0.321. The molecule has 1 fully saturated rings. The molecule has 156 valence electrons. The van der Waals surface area contributed by atoms with Crippen molar-refractivity contribution < 1.29 is 4.79 Å². The Hall–Kier alpha value is -2.31. The molecule has 0 spiro atoms. The number of pyridine rings is 1. The Morgan fingerprint density at radius 1 is 1.18 bits per heavy atom. The van der Waals surface area contributed by atoms with E-state index in [4.69, 9.17) is 4.99 Å². The van der Waals surface area contributed by atoms with E-state index in [9.17, 15) is 4.79 Å². The van der Waals surface area contributed by atoms with Gasteiger partial charge in [0.1, 0.15) is 5.82 Å². The first-order valence-electron chi connectivity index (χ1n) is 10.5. The van der Waals surface area contributed by atoms with Gasteiger partial charge in [-0.05, 0) is 44.7 Å². The van der Waals surface area contributed by atoms with Gasteiger partial charge < -0.3 is 20.9 Å². The first kappa shape index (κ1) is 22.0. The summed E-state index contributed by atoms with van der Waals surface area (Å²) in [6.07, 6.45) is 7.97. The van der Waals surface area contributed by atoms with E-state index < -0.39 is 0 Å². The van der Waals surface area contributed by atoms with Gasteiger partial charge in [0.25, 0.3) is 0 Å². The average molecular weight is 389 g/mol. The molecule has 1 saturated carbocycles. The highest BCUT2D eigenvalue weighted by Gasteiger charge is 2.41. The molecule has 0 radical (unpaired) electrons. The fourth-order valence-corrected chi connectivity index (χ4v) is 3.68. The van der Waals surface area contributed by atoms with Crippen molar-refractivity contribution in [2.24, 2.45) is 10.4 Å². The Bertz CT molecular complexity index is 611. The number of nitrogens with one attached hydrogen (secondary N) is 3. The predicted molar refractivity (Wildman–Crippen MR) is 116 cm³/mol. The monoisotopic (exact) mass is 388 g/mol. The van der Waals surface area contributed by atoms with E-state index in [0.29, 0.717) is 6.54 Å². The highest BCUT2D eigenvalue weighted by molar-refractivity contribution is 5.84. The molecule has 0 unspecified atom stereocenters. The van der Waals surface area contributed by atoms with Crippen LogP contribution in [-0.4, -0.2) is 62.0 Å². The maximum absolute atomic E-state index is 12.7. The Balaban J connectivity index is 1.77. The van der Waals surface area contributed by atoms with Crippen molar-refractivity contribution in [1.82, 2.24) is 20.5 Å². The maximum Gasteiger partial charge on any atom is 0.230 e. The SMILES string of the molecule is CCNC(=NCC1(C(=O)N(C)C)CCCC1)NCCCCNc1ccccn1. The second-order valence-corrected chi connectivity index (χ2v) is 7.66. The number of unbranched alkanes of at least 4 members (excludes halogenated alkanes) is 1. The molecule has 1 aromatic heterocycles. The number of carbonyl (C=O) groups excluding carboxylic acids is 1. The summed E-state index contributed by atoms with van der Waals surface area (Å²) in [4.78, 5) is 23.4. The summed E-state index contributed by atoms with van der Waals surface area (Å²) >= 11 is 0. The molecular formula is C21H36N6O. The molecule has 0 aromatic carbocycles. The van der Waals surface area contributed by atoms with Crippen LogP contribution in [0.25, 0.3) is 0 Å². The minimum absolute atomic E-state index is 0.213. The van der Waals surface area contributed by atoms with E-state index >= 15 is 0 Å². The molecule has 1 aromatic rings. The molecule has 7 heteroatoms. The summed E-state index contributed by atoms with van der Waals surface area (Å²) in [7, 11) is 3.68. The molecule has 1 aliphatic rings. The Labute approximate surface area is 169 Å². The molecule has 1 aliphatic carbocycles. The summed E-state index contributed by atoms with van der Waals surface area (Å²) in [6.45, 7) is 5.17. The maximum atomic E-state index is 12.7. The zero-order chi connectivity index (χ0) is 20.2. The van der Waals surface area contributed by atoms with E-state index in [0.717, 1.165) is 69.9 Å². The highest BCUT2D eigenvalue weighted by Crippen LogP contribution is 2.39. The van der Waals surface area contributed by atoms with Crippen LogP contribution in [0, 0.1) is 5.41 Å². The first-order valence-corrected chi connectivity index (χ1v) is 10.5. The summed E-state index contributed by atoms with van der Waals surface area (Å²) in [6, 6.07) is 5.87. The number of aromatic nitrogens is 1. The molecule has 0 atom stereocenters. The Morgan fingerprint density at radius 3 is 2.57 bits per heavy atom. The van der Waals surface area contributed by atoms with Crippen molar-refractivity contribution in [1.29, 1.82) is 0 Å². The summed E-state index contributed by atoms with van der Waals surface area (Å²) in [5.74, 6) is 1.93. The van der Waals surface area contributed by atoms with E-state index in [2.05, 4.69) is 27.9 Å². The van der Waals surface area contributed by atoms with Crippen LogP contribution in [0.5, 0.6) is 0 Å². The zero-order valence-corrected chi connectivity index (χ0v) is 17.6. The second kappa shape index (κ2) is 11.5. The van der Waals surface area contributed by atoms with Crippen molar-refractivity contribution in [2.45, 2.75) is 45.4 Å². The van der Waals surface area contributed by atoms with Gasteiger partial charge in [-0.15, -0.1) is 0 Å². The minimum atomic E-state index is -0.321. The lowest BCUT2D eigenvalue weighted by molar-refractivity contribution is -0.138. The van der Waals surface area contributed by atoms with E-state index in [-0.39, 0.29) is 11.3 Å². The highest BCUT2D eigenvalue weighted by atomic mass is 16.2. The van der Waals surface area contributed by atoms with Crippen LogP contribution in [-0.2, 0) is 4.79 Å². The van der Waals surface area contributed by atoms with Crippen molar-refractivity contribution in [2.75, 3.05) is 45.6 Å². The van der Waals surface area contributed by atoms with Crippen molar-refractivity contribution in [3.8, 4) is 0 Å². The normalized spacial score (nSPS) is 15.9. The van der Waals surface area contributed by atoms with E-state index in [1.165, 1.54) is 0 Å². The Morgan fingerprint density at radius 2 is 1.93 bits per heavy atom. The van der Waals surface area contributed by atoms with Crippen LogP contribution >= 0.6 is 0 Å². The van der Waals surface area contributed by atoms with Crippen LogP contribution in [0.15, 0.2) is 29.4 Å². The van der Waals surface area contributed by atoms with Crippen molar-refractivity contribution in [3.05, 3.63) is 24.4 Å². The fourth-order valence-electron chi connectivity index (χ4n) is 3.68. The van der Waals surface area contributed by atoms with Gasteiger partial charge in [-0.1, -0.05) is 18.9 Å². The number of aliphatic imine (C=N–C) groups is 1. The molecule has 0 saturated heterocycles. The third-order valence-electron chi connectivity index (χ3n) is 5.17.